The number of nitrogens with zero attached hydrogens (tertiary/aromatic N) is 4. The van der Waals surface area contributed by atoms with Gasteiger partial charge in [-0.15, -0.1) is 10.2 Å². The number of halogens is 1. The predicted octanol–water partition coefficient (Wildman–Crippen LogP) is 2.97. The fourth-order valence-electron chi connectivity index (χ4n) is 3.00. The Morgan fingerprint density at radius 1 is 1.24 bits per heavy atom. The number of thioether (sulfide) groups is 1. The number of fused-ring (bicyclic) bond motifs is 3. The summed E-state index contributed by atoms with van der Waals surface area (Å²) in [7, 11) is 3.16. The van der Waals surface area contributed by atoms with Crippen LogP contribution in [0.15, 0.2) is 52.4 Å². The Kier molecular flexibility index (Phi) is 5.16. The maximum absolute atomic E-state index is 12.5. The van der Waals surface area contributed by atoms with Crippen molar-refractivity contribution in [2.45, 2.75) is 5.16 Å². The number of rotatable bonds is 5. The summed E-state index contributed by atoms with van der Waals surface area (Å²) in [6, 6.07) is 12.2. The second kappa shape index (κ2) is 7.76. The molecule has 0 aliphatic heterocycles. The molecular formula is C19H16ClN5O3S. The summed E-state index contributed by atoms with van der Waals surface area (Å²) in [5, 5.41) is 12.6. The molecule has 0 aliphatic carbocycles. The van der Waals surface area contributed by atoms with Gasteiger partial charge in [0.2, 0.25) is 11.7 Å². The molecule has 148 valence electrons. The van der Waals surface area contributed by atoms with Crippen LogP contribution >= 0.6 is 23.4 Å². The van der Waals surface area contributed by atoms with Crippen molar-refractivity contribution in [1.82, 2.24) is 19.2 Å². The number of anilines is 1. The van der Waals surface area contributed by atoms with Gasteiger partial charge in [0.25, 0.3) is 5.56 Å². The van der Waals surface area contributed by atoms with E-state index in [0.717, 1.165) is 0 Å². The summed E-state index contributed by atoms with van der Waals surface area (Å²) >= 11 is 7.22. The van der Waals surface area contributed by atoms with Crippen molar-refractivity contribution in [1.29, 1.82) is 0 Å². The van der Waals surface area contributed by atoms with Gasteiger partial charge in [0, 0.05) is 12.1 Å². The molecule has 1 N–H and O–H groups in total. The molecule has 1 amide bonds. The number of hydrogen-bond acceptors (Lipinski definition) is 6. The minimum Gasteiger partial charge on any atom is -0.495 e. The molecule has 4 aromatic rings. The Bertz CT molecular complexity index is 1300. The number of hydrogen-bond donors (Lipinski definition) is 1. The minimum absolute atomic E-state index is 0.0909. The zero-order chi connectivity index (χ0) is 20.5. The van der Waals surface area contributed by atoms with Gasteiger partial charge in [0.1, 0.15) is 5.75 Å². The molecule has 2 aromatic carbocycles. The molecular weight excluding hydrogens is 414 g/mol. The zero-order valence-electron chi connectivity index (χ0n) is 15.5. The van der Waals surface area contributed by atoms with E-state index in [2.05, 4.69) is 15.5 Å². The van der Waals surface area contributed by atoms with Crippen LogP contribution in [0.25, 0.3) is 16.7 Å². The van der Waals surface area contributed by atoms with Gasteiger partial charge in [0.15, 0.2) is 5.16 Å². The molecule has 0 aliphatic rings. The van der Waals surface area contributed by atoms with Gasteiger partial charge in [-0.25, -0.2) is 0 Å². The largest absolute Gasteiger partial charge is 0.495 e. The zero-order valence-corrected chi connectivity index (χ0v) is 17.1. The third-order valence-electron chi connectivity index (χ3n) is 4.36. The molecule has 0 bridgehead atoms. The molecule has 10 heteroatoms. The van der Waals surface area contributed by atoms with Gasteiger partial charge >= 0.3 is 0 Å². The lowest BCUT2D eigenvalue weighted by molar-refractivity contribution is -0.113. The quantitative estimate of drug-likeness (QED) is 0.490. The third-order valence-corrected chi connectivity index (χ3v) is 5.53. The first-order chi connectivity index (χ1) is 14.0. The van der Waals surface area contributed by atoms with Crippen molar-refractivity contribution in [3.8, 4) is 5.75 Å². The van der Waals surface area contributed by atoms with Crippen LogP contribution in [0.5, 0.6) is 5.75 Å². The molecule has 0 radical (unpaired) electrons. The second-order valence-electron chi connectivity index (χ2n) is 6.18. The average Bonchev–Trinajstić information content (AvgIpc) is 3.15. The Morgan fingerprint density at radius 2 is 2.03 bits per heavy atom. The Balaban J connectivity index is 1.62. The monoisotopic (exact) mass is 429 g/mol. The maximum atomic E-state index is 12.5. The first-order valence-electron chi connectivity index (χ1n) is 8.58. The van der Waals surface area contributed by atoms with E-state index >= 15 is 0 Å². The molecule has 29 heavy (non-hydrogen) atoms. The lowest BCUT2D eigenvalue weighted by Crippen LogP contribution is -2.20. The standard InChI is InChI=1S/C19H16ClN5O3S/c1-24-17(27)12-5-3-4-6-14(12)25-18(24)22-23-19(25)29-10-16(26)21-13-9-11(20)7-8-15(13)28-2/h3-9H,10H2,1-2H3,(H,21,26). The van der Waals surface area contributed by atoms with Gasteiger partial charge in [-0.1, -0.05) is 35.5 Å². The second-order valence-corrected chi connectivity index (χ2v) is 7.56. The smallest absolute Gasteiger partial charge is 0.262 e. The van der Waals surface area contributed by atoms with Crippen LogP contribution in [0.3, 0.4) is 0 Å². The summed E-state index contributed by atoms with van der Waals surface area (Å²) in [6.45, 7) is 0. The summed E-state index contributed by atoms with van der Waals surface area (Å²) in [6.07, 6.45) is 0. The molecule has 0 saturated carbocycles. The van der Waals surface area contributed by atoms with E-state index in [1.165, 1.54) is 23.4 Å². The lowest BCUT2D eigenvalue weighted by Gasteiger charge is -2.10. The van der Waals surface area contributed by atoms with Gasteiger partial charge in [-0.2, -0.15) is 0 Å². The van der Waals surface area contributed by atoms with Crippen molar-refractivity contribution in [3.63, 3.8) is 0 Å². The lowest BCUT2D eigenvalue weighted by atomic mass is 10.2. The fraction of sp³-hybridized carbons (Fsp3) is 0.158. The molecule has 8 nitrogen and oxygen atoms in total. The van der Waals surface area contributed by atoms with Crippen molar-refractivity contribution in [2.75, 3.05) is 18.2 Å². The SMILES string of the molecule is COc1ccc(Cl)cc1NC(=O)CSc1nnc2n(C)c(=O)c3ccccc3n12. The first kappa shape index (κ1) is 19.3. The minimum atomic E-state index is -0.249. The summed E-state index contributed by atoms with van der Waals surface area (Å²) in [5.74, 6) is 0.768. The van der Waals surface area contributed by atoms with E-state index in [0.29, 0.717) is 38.3 Å². The van der Waals surface area contributed by atoms with E-state index in [9.17, 15) is 9.59 Å². The van der Waals surface area contributed by atoms with Crippen molar-refractivity contribution in [2.24, 2.45) is 7.05 Å². The Labute approximate surface area is 174 Å². The van der Waals surface area contributed by atoms with Crippen LogP contribution in [-0.4, -0.2) is 37.9 Å². The fourth-order valence-corrected chi connectivity index (χ4v) is 3.91. The summed E-state index contributed by atoms with van der Waals surface area (Å²) in [4.78, 5) is 25.0. The number of benzene rings is 2. The van der Waals surface area contributed by atoms with Crippen LogP contribution in [0.4, 0.5) is 5.69 Å². The maximum Gasteiger partial charge on any atom is 0.262 e. The van der Waals surface area contributed by atoms with E-state index < -0.39 is 0 Å². The highest BCUT2D eigenvalue weighted by Gasteiger charge is 2.16. The summed E-state index contributed by atoms with van der Waals surface area (Å²) in [5.41, 5.74) is 1.03. The number of carbonyl (C=O) groups is 1. The van der Waals surface area contributed by atoms with Crippen LogP contribution in [0.2, 0.25) is 5.02 Å². The molecule has 2 heterocycles. The number of carbonyl (C=O) groups excluding carboxylic acids is 1. The molecule has 4 rings (SSSR count). The number of nitrogens with one attached hydrogen (secondary N) is 1. The van der Waals surface area contributed by atoms with Crippen molar-refractivity contribution < 1.29 is 9.53 Å². The van der Waals surface area contributed by atoms with E-state index in [-0.39, 0.29) is 17.2 Å². The molecule has 0 unspecified atom stereocenters. The first-order valence-corrected chi connectivity index (χ1v) is 9.95. The normalized spacial score (nSPS) is 11.1. The van der Waals surface area contributed by atoms with Gasteiger partial charge in [0.05, 0.1) is 29.5 Å². The van der Waals surface area contributed by atoms with E-state index in [1.807, 2.05) is 12.1 Å². The van der Waals surface area contributed by atoms with Crippen LogP contribution in [-0.2, 0) is 11.8 Å². The third kappa shape index (κ3) is 3.54. The number of aromatic nitrogens is 4. The topological polar surface area (TPSA) is 90.5 Å². The van der Waals surface area contributed by atoms with Crippen LogP contribution in [0.1, 0.15) is 0 Å². The number of methoxy groups -OCH3 is 1. The van der Waals surface area contributed by atoms with Crippen molar-refractivity contribution in [3.05, 3.63) is 57.8 Å². The average molecular weight is 430 g/mol. The molecule has 0 atom stereocenters. The van der Waals surface area contributed by atoms with E-state index in [1.54, 1.807) is 41.8 Å². The van der Waals surface area contributed by atoms with Crippen molar-refractivity contribution >= 4 is 51.6 Å². The summed E-state index contributed by atoms with van der Waals surface area (Å²) < 4.78 is 8.46. The van der Waals surface area contributed by atoms with Gasteiger partial charge in [-0.05, 0) is 30.3 Å². The van der Waals surface area contributed by atoms with E-state index in [4.69, 9.17) is 16.3 Å². The number of aryl methyl sites for hydroxylation is 1. The molecule has 0 spiro atoms. The van der Waals surface area contributed by atoms with Gasteiger partial charge in [-0.3, -0.25) is 18.6 Å². The number of ether oxygens (including phenoxy) is 1. The molecule has 2 aromatic heterocycles. The number of amides is 1. The predicted molar refractivity (Wildman–Crippen MR) is 113 cm³/mol. The number of para-hydroxylation sites is 1. The van der Waals surface area contributed by atoms with Gasteiger partial charge < -0.3 is 10.1 Å². The van der Waals surface area contributed by atoms with Crippen LogP contribution < -0.4 is 15.6 Å². The molecule has 0 fully saturated rings. The van der Waals surface area contributed by atoms with Crippen LogP contribution in [0, 0.1) is 0 Å². The Morgan fingerprint density at radius 3 is 2.83 bits per heavy atom. The molecule has 0 saturated heterocycles. The highest BCUT2D eigenvalue weighted by Crippen LogP contribution is 2.28. The highest BCUT2D eigenvalue weighted by molar-refractivity contribution is 7.99. The highest BCUT2D eigenvalue weighted by atomic mass is 35.5. The Hall–Kier alpha value is -3.04.